The fraction of sp³-hybridized carbons (Fsp3) is 0.417. The quantitative estimate of drug-likeness (QED) is 0.797. The van der Waals surface area contributed by atoms with E-state index in [2.05, 4.69) is 5.32 Å². The minimum absolute atomic E-state index is 0.155. The molecule has 3 heteroatoms. The van der Waals surface area contributed by atoms with Crippen molar-refractivity contribution in [2.24, 2.45) is 0 Å². The molecular formula is C12H15NO2. The molecule has 1 aromatic rings. The van der Waals surface area contributed by atoms with E-state index in [1.54, 1.807) is 7.11 Å². The number of amides is 1. The standard InChI is InChI=1S/C12H15NO2/c1-15-11-4-2-9(3-5-11)10-6-7-13-12(14)8-10/h2-5,10H,6-8H2,1H3,(H,13,14)/t10-/m0/s1. The molecule has 1 aliphatic rings. The highest BCUT2D eigenvalue weighted by molar-refractivity contribution is 5.77. The summed E-state index contributed by atoms with van der Waals surface area (Å²) in [5, 5.41) is 2.84. The summed E-state index contributed by atoms with van der Waals surface area (Å²) in [7, 11) is 1.66. The summed E-state index contributed by atoms with van der Waals surface area (Å²) in [4.78, 5) is 11.2. The van der Waals surface area contributed by atoms with Crippen molar-refractivity contribution in [1.82, 2.24) is 5.32 Å². The van der Waals surface area contributed by atoms with E-state index in [0.29, 0.717) is 12.3 Å². The van der Waals surface area contributed by atoms with Gasteiger partial charge in [0.15, 0.2) is 0 Å². The van der Waals surface area contributed by atoms with E-state index in [0.717, 1.165) is 18.7 Å². The van der Waals surface area contributed by atoms with Crippen molar-refractivity contribution in [3.8, 4) is 5.75 Å². The molecule has 0 aliphatic carbocycles. The molecule has 1 heterocycles. The van der Waals surface area contributed by atoms with Gasteiger partial charge in [-0.1, -0.05) is 12.1 Å². The first-order valence-electron chi connectivity index (χ1n) is 5.20. The van der Waals surface area contributed by atoms with E-state index in [4.69, 9.17) is 4.74 Å². The van der Waals surface area contributed by atoms with Crippen LogP contribution < -0.4 is 10.1 Å². The largest absolute Gasteiger partial charge is 0.497 e. The zero-order valence-electron chi connectivity index (χ0n) is 8.82. The normalized spacial score (nSPS) is 20.9. The van der Waals surface area contributed by atoms with Gasteiger partial charge in [0.1, 0.15) is 5.75 Å². The summed E-state index contributed by atoms with van der Waals surface area (Å²) in [6.45, 7) is 0.787. The maximum absolute atomic E-state index is 11.2. The first-order chi connectivity index (χ1) is 7.29. The molecule has 0 unspecified atom stereocenters. The zero-order chi connectivity index (χ0) is 10.7. The van der Waals surface area contributed by atoms with Crippen LogP contribution in [0.2, 0.25) is 0 Å². The number of rotatable bonds is 2. The van der Waals surface area contributed by atoms with Crippen LogP contribution >= 0.6 is 0 Å². The molecule has 1 N–H and O–H groups in total. The second-order valence-corrected chi connectivity index (χ2v) is 3.81. The Balaban J connectivity index is 2.11. The van der Waals surface area contributed by atoms with Crippen molar-refractivity contribution in [2.75, 3.05) is 13.7 Å². The Labute approximate surface area is 89.4 Å². The predicted octanol–water partition coefficient (Wildman–Crippen LogP) is 1.69. The highest BCUT2D eigenvalue weighted by atomic mass is 16.5. The van der Waals surface area contributed by atoms with Gasteiger partial charge in [-0.05, 0) is 30.0 Å². The van der Waals surface area contributed by atoms with E-state index in [1.807, 2.05) is 24.3 Å². The van der Waals surface area contributed by atoms with Crippen LogP contribution in [0.3, 0.4) is 0 Å². The molecular weight excluding hydrogens is 190 g/mol. The number of hydrogen-bond donors (Lipinski definition) is 1. The molecule has 1 fully saturated rings. The molecule has 1 aliphatic heterocycles. The Morgan fingerprint density at radius 1 is 1.33 bits per heavy atom. The van der Waals surface area contributed by atoms with E-state index < -0.39 is 0 Å². The van der Waals surface area contributed by atoms with Gasteiger partial charge in [0.2, 0.25) is 5.91 Å². The molecule has 0 saturated carbocycles. The average Bonchev–Trinajstić information content (AvgIpc) is 2.29. The topological polar surface area (TPSA) is 38.3 Å². The number of piperidine rings is 1. The van der Waals surface area contributed by atoms with Crippen LogP contribution in [0.4, 0.5) is 0 Å². The first-order valence-corrected chi connectivity index (χ1v) is 5.20. The second kappa shape index (κ2) is 4.34. The third-order valence-corrected chi connectivity index (χ3v) is 2.83. The Bertz CT molecular complexity index is 345. The van der Waals surface area contributed by atoms with Gasteiger partial charge in [0.25, 0.3) is 0 Å². The molecule has 80 valence electrons. The average molecular weight is 205 g/mol. The van der Waals surface area contributed by atoms with Gasteiger partial charge in [-0.25, -0.2) is 0 Å². The molecule has 0 aromatic heterocycles. The monoisotopic (exact) mass is 205 g/mol. The van der Waals surface area contributed by atoms with Crippen LogP contribution in [0.5, 0.6) is 5.75 Å². The van der Waals surface area contributed by atoms with Gasteiger partial charge in [-0.3, -0.25) is 4.79 Å². The maximum Gasteiger partial charge on any atom is 0.220 e. The van der Waals surface area contributed by atoms with Crippen molar-refractivity contribution in [3.05, 3.63) is 29.8 Å². The van der Waals surface area contributed by atoms with Gasteiger partial charge in [0, 0.05) is 13.0 Å². The summed E-state index contributed by atoms with van der Waals surface area (Å²) in [5.41, 5.74) is 1.23. The third-order valence-electron chi connectivity index (χ3n) is 2.83. The Morgan fingerprint density at radius 2 is 2.07 bits per heavy atom. The smallest absolute Gasteiger partial charge is 0.220 e. The minimum atomic E-state index is 0.155. The van der Waals surface area contributed by atoms with Crippen LogP contribution in [0.1, 0.15) is 24.3 Å². The highest BCUT2D eigenvalue weighted by Gasteiger charge is 2.20. The summed E-state index contributed by atoms with van der Waals surface area (Å²) in [6, 6.07) is 7.98. The van der Waals surface area contributed by atoms with Gasteiger partial charge in [-0.15, -0.1) is 0 Å². The van der Waals surface area contributed by atoms with Crippen molar-refractivity contribution in [1.29, 1.82) is 0 Å². The Hall–Kier alpha value is -1.51. The van der Waals surface area contributed by atoms with E-state index in [-0.39, 0.29) is 5.91 Å². The Morgan fingerprint density at radius 3 is 2.67 bits per heavy atom. The fourth-order valence-corrected chi connectivity index (χ4v) is 1.94. The number of carbonyl (C=O) groups is 1. The summed E-state index contributed by atoms with van der Waals surface area (Å²) in [6.07, 6.45) is 1.63. The third kappa shape index (κ3) is 2.29. The minimum Gasteiger partial charge on any atom is -0.497 e. The molecule has 15 heavy (non-hydrogen) atoms. The van der Waals surface area contributed by atoms with Gasteiger partial charge in [0.05, 0.1) is 7.11 Å². The highest BCUT2D eigenvalue weighted by Crippen LogP contribution is 2.26. The predicted molar refractivity (Wildman–Crippen MR) is 58.0 cm³/mol. The second-order valence-electron chi connectivity index (χ2n) is 3.81. The lowest BCUT2D eigenvalue weighted by atomic mass is 9.90. The molecule has 2 rings (SSSR count). The van der Waals surface area contributed by atoms with Crippen molar-refractivity contribution in [3.63, 3.8) is 0 Å². The van der Waals surface area contributed by atoms with Crippen molar-refractivity contribution >= 4 is 5.91 Å². The molecule has 3 nitrogen and oxygen atoms in total. The number of ether oxygens (including phenoxy) is 1. The van der Waals surface area contributed by atoms with Crippen molar-refractivity contribution < 1.29 is 9.53 Å². The lowest BCUT2D eigenvalue weighted by molar-refractivity contribution is -0.122. The fourth-order valence-electron chi connectivity index (χ4n) is 1.94. The zero-order valence-corrected chi connectivity index (χ0v) is 8.82. The van der Waals surface area contributed by atoms with Crippen LogP contribution in [0, 0.1) is 0 Å². The SMILES string of the molecule is COc1ccc([C@H]2CCNC(=O)C2)cc1. The number of methoxy groups -OCH3 is 1. The van der Waals surface area contributed by atoms with E-state index >= 15 is 0 Å². The number of carbonyl (C=O) groups excluding carboxylic acids is 1. The molecule has 1 aromatic carbocycles. The van der Waals surface area contributed by atoms with E-state index in [1.165, 1.54) is 5.56 Å². The first kappa shape index (κ1) is 10.0. The maximum atomic E-state index is 11.2. The lowest BCUT2D eigenvalue weighted by Gasteiger charge is -2.22. The van der Waals surface area contributed by atoms with Crippen molar-refractivity contribution in [2.45, 2.75) is 18.8 Å². The number of hydrogen-bond acceptors (Lipinski definition) is 2. The molecule has 0 spiro atoms. The molecule has 1 amide bonds. The molecule has 1 saturated heterocycles. The summed E-state index contributed by atoms with van der Waals surface area (Å²) in [5.74, 6) is 1.38. The van der Waals surface area contributed by atoms with Gasteiger partial charge < -0.3 is 10.1 Å². The lowest BCUT2D eigenvalue weighted by Crippen LogP contribution is -2.32. The summed E-state index contributed by atoms with van der Waals surface area (Å²) >= 11 is 0. The van der Waals surface area contributed by atoms with Gasteiger partial charge >= 0.3 is 0 Å². The van der Waals surface area contributed by atoms with Gasteiger partial charge in [-0.2, -0.15) is 0 Å². The van der Waals surface area contributed by atoms with Crippen LogP contribution in [0.25, 0.3) is 0 Å². The molecule has 0 radical (unpaired) electrons. The molecule has 1 atom stereocenters. The van der Waals surface area contributed by atoms with E-state index in [9.17, 15) is 4.79 Å². The number of benzene rings is 1. The number of nitrogens with one attached hydrogen (secondary N) is 1. The Kier molecular flexibility index (Phi) is 2.90. The van der Waals surface area contributed by atoms with Crippen LogP contribution in [-0.4, -0.2) is 19.6 Å². The van der Waals surface area contributed by atoms with Crippen LogP contribution in [0.15, 0.2) is 24.3 Å². The van der Waals surface area contributed by atoms with Crippen LogP contribution in [-0.2, 0) is 4.79 Å². The summed E-state index contributed by atoms with van der Waals surface area (Å²) < 4.78 is 5.10. The molecule has 0 bridgehead atoms.